The summed E-state index contributed by atoms with van der Waals surface area (Å²) in [7, 11) is -3.20. The molecule has 25 heavy (non-hydrogen) atoms. The number of hydrogen-bond acceptors (Lipinski definition) is 5. The molecule has 138 valence electrons. The number of sulfonamides is 1. The van der Waals surface area contributed by atoms with E-state index in [0.717, 1.165) is 31.5 Å². The number of aromatic nitrogens is 1. The SMILES string of the molecule is CS(=O)(=O)NC1CCN(C(=O)C(c2cccnc2)N2CCCC2)CC1. The summed E-state index contributed by atoms with van der Waals surface area (Å²) in [6.45, 7) is 3.02. The van der Waals surface area contributed by atoms with Crippen LogP contribution in [0.1, 0.15) is 37.3 Å². The van der Waals surface area contributed by atoms with E-state index in [2.05, 4.69) is 14.6 Å². The Labute approximate surface area is 149 Å². The van der Waals surface area contributed by atoms with Crippen LogP contribution in [0.25, 0.3) is 0 Å². The molecular weight excluding hydrogens is 340 g/mol. The Bertz CT molecular complexity index is 681. The lowest BCUT2D eigenvalue weighted by atomic mass is 10.0. The van der Waals surface area contributed by atoms with Crippen molar-refractivity contribution >= 4 is 15.9 Å². The number of likely N-dealkylation sites (tertiary alicyclic amines) is 2. The Kier molecular flexibility index (Phi) is 5.71. The van der Waals surface area contributed by atoms with Gasteiger partial charge in [0.2, 0.25) is 15.9 Å². The summed E-state index contributed by atoms with van der Waals surface area (Å²) < 4.78 is 25.4. The van der Waals surface area contributed by atoms with Crippen LogP contribution in [0.4, 0.5) is 0 Å². The molecule has 7 nitrogen and oxygen atoms in total. The maximum atomic E-state index is 13.2. The molecule has 0 spiro atoms. The van der Waals surface area contributed by atoms with Gasteiger partial charge in [-0.05, 0) is 50.4 Å². The first kappa shape index (κ1) is 18.3. The molecule has 1 unspecified atom stereocenters. The van der Waals surface area contributed by atoms with E-state index < -0.39 is 10.0 Å². The molecule has 0 saturated carbocycles. The molecule has 1 atom stereocenters. The van der Waals surface area contributed by atoms with Crippen molar-refractivity contribution in [2.75, 3.05) is 32.4 Å². The van der Waals surface area contributed by atoms with Crippen LogP contribution in [0.15, 0.2) is 24.5 Å². The molecule has 0 bridgehead atoms. The van der Waals surface area contributed by atoms with Crippen molar-refractivity contribution in [3.05, 3.63) is 30.1 Å². The van der Waals surface area contributed by atoms with Crippen LogP contribution in [-0.4, -0.2) is 67.6 Å². The third kappa shape index (κ3) is 4.77. The lowest BCUT2D eigenvalue weighted by Gasteiger charge is -2.36. The molecule has 2 fully saturated rings. The number of nitrogens with one attached hydrogen (secondary N) is 1. The van der Waals surface area contributed by atoms with Gasteiger partial charge in [-0.15, -0.1) is 0 Å². The summed E-state index contributed by atoms with van der Waals surface area (Å²) in [5.74, 6) is 0.104. The van der Waals surface area contributed by atoms with Crippen LogP contribution in [-0.2, 0) is 14.8 Å². The van der Waals surface area contributed by atoms with E-state index in [0.29, 0.717) is 25.9 Å². The minimum Gasteiger partial charge on any atom is -0.341 e. The summed E-state index contributed by atoms with van der Waals surface area (Å²) >= 11 is 0. The molecule has 1 aromatic rings. The van der Waals surface area contributed by atoms with Gasteiger partial charge in [0.25, 0.3) is 0 Å². The van der Waals surface area contributed by atoms with Crippen LogP contribution in [0.3, 0.4) is 0 Å². The van der Waals surface area contributed by atoms with E-state index in [1.54, 1.807) is 12.4 Å². The van der Waals surface area contributed by atoms with Crippen LogP contribution >= 0.6 is 0 Å². The van der Waals surface area contributed by atoms with Crippen LogP contribution in [0.2, 0.25) is 0 Å². The first-order valence-electron chi connectivity index (χ1n) is 8.84. The molecule has 2 aliphatic heterocycles. The van der Waals surface area contributed by atoms with Crippen molar-refractivity contribution in [2.45, 2.75) is 37.8 Å². The highest BCUT2D eigenvalue weighted by atomic mass is 32.2. The van der Waals surface area contributed by atoms with E-state index in [9.17, 15) is 13.2 Å². The second-order valence-electron chi connectivity index (χ2n) is 6.92. The Morgan fingerprint density at radius 1 is 1.24 bits per heavy atom. The summed E-state index contributed by atoms with van der Waals surface area (Å²) in [6.07, 6.45) is 8.21. The van der Waals surface area contributed by atoms with Crippen LogP contribution in [0.5, 0.6) is 0 Å². The Balaban J connectivity index is 1.69. The van der Waals surface area contributed by atoms with E-state index in [-0.39, 0.29) is 18.0 Å². The minimum atomic E-state index is -3.20. The highest BCUT2D eigenvalue weighted by molar-refractivity contribution is 7.88. The van der Waals surface area contributed by atoms with Gasteiger partial charge in [-0.2, -0.15) is 0 Å². The Morgan fingerprint density at radius 2 is 1.92 bits per heavy atom. The topological polar surface area (TPSA) is 82.6 Å². The van der Waals surface area contributed by atoms with Crippen molar-refractivity contribution in [2.24, 2.45) is 0 Å². The van der Waals surface area contributed by atoms with Crippen molar-refractivity contribution in [3.63, 3.8) is 0 Å². The Hall–Kier alpha value is -1.51. The molecule has 1 aromatic heterocycles. The predicted octanol–water partition coefficient (Wildman–Crippen LogP) is 0.759. The number of carbonyl (C=O) groups is 1. The zero-order chi connectivity index (χ0) is 17.9. The first-order valence-corrected chi connectivity index (χ1v) is 10.7. The second kappa shape index (κ2) is 7.80. The van der Waals surface area contributed by atoms with Gasteiger partial charge in [0.1, 0.15) is 6.04 Å². The van der Waals surface area contributed by atoms with Crippen LogP contribution < -0.4 is 4.72 Å². The number of nitrogens with zero attached hydrogens (tertiary/aromatic N) is 3. The minimum absolute atomic E-state index is 0.0809. The smallest absolute Gasteiger partial charge is 0.244 e. The fraction of sp³-hybridized carbons (Fsp3) is 0.647. The quantitative estimate of drug-likeness (QED) is 0.832. The molecule has 2 saturated heterocycles. The summed E-state index contributed by atoms with van der Waals surface area (Å²) in [6, 6.07) is 3.47. The van der Waals surface area contributed by atoms with E-state index >= 15 is 0 Å². The van der Waals surface area contributed by atoms with Gasteiger partial charge in [0.05, 0.1) is 6.26 Å². The van der Waals surface area contributed by atoms with Gasteiger partial charge in [-0.25, -0.2) is 13.1 Å². The number of pyridine rings is 1. The van der Waals surface area contributed by atoms with Gasteiger partial charge >= 0.3 is 0 Å². The van der Waals surface area contributed by atoms with E-state index in [1.807, 2.05) is 17.0 Å². The normalized spacial score (nSPS) is 21.4. The predicted molar refractivity (Wildman–Crippen MR) is 95.4 cm³/mol. The molecule has 8 heteroatoms. The van der Waals surface area contributed by atoms with Gasteiger partial charge in [0, 0.05) is 31.5 Å². The van der Waals surface area contributed by atoms with E-state index in [4.69, 9.17) is 0 Å². The summed E-state index contributed by atoms with van der Waals surface area (Å²) in [4.78, 5) is 21.5. The van der Waals surface area contributed by atoms with Crippen molar-refractivity contribution in [3.8, 4) is 0 Å². The summed E-state index contributed by atoms with van der Waals surface area (Å²) in [5.41, 5.74) is 0.936. The zero-order valence-corrected chi connectivity index (χ0v) is 15.4. The van der Waals surface area contributed by atoms with Crippen LogP contribution in [0, 0.1) is 0 Å². The molecule has 0 aliphatic carbocycles. The maximum absolute atomic E-state index is 13.2. The van der Waals surface area contributed by atoms with E-state index in [1.165, 1.54) is 6.26 Å². The van der Waals surface area contributed by atoms with Gasteiger partial charge in [0.15, 0.2) is 0 Å². The molecule has 1 amide bonds. The molecule has 1 N–H and O–H groups in total. The average Bonchev–Trinajstić information content (AvgIpc) is 3.09. The zero-order valence-electron chi connectivity index (χ0n) is 14.6. The Morgan fingerprint density at radius 3 is 2.48 bits per heavy atom. The maximum Gasteiger partial charge on any atom is 0.244 e. The third-order valence-corrected chi connectivity index (χ3v) is 5.69. The third-order valence-electron chi connectivity index (χ3n) is 4.93. The molecule has 3 heterocycles. The molecule has 0 aromatic carbocycles. The number of rotatable bonds is 5. The molecular formula is C17H26N4O3S. The fourth-order valence-electron chi connectivity index (χ4n) is 3.74. The lowest BCUT2D eigenvalue weighted by Crippen LogP contribution is -2.49. The van der Waals surface area contributed by atoms with Gasteiger partial charge in [-0.3, -0.25) is 14.7 Å². The number of piperidine rings is 1. The monoisotopic (exact) mass is 366 g/mol. The number of carbonyl (C=O) groups excluding carboxylic acids is 1. The highest BCUT2D eigenvalue weighted by Crippen LogP contribution is 2.28. The van der Waals surface area contributed by atoms with Crippen molar-refractivity contribution < 1.29 is 13.2 Å². The van der Waals surface area contributed by atoms with Crippen molar-refractivity contribution in [1.29, 1.82) is 0 Å². The second-order valence-corrected chi connectivity index (χ2v) is 8.70. The average molecular weight is 366 g/mol. The first-order chi connectivity index (χ1) is 11.9. The molecule has 0 radical (unpaired) electrons. The number of amides is 1. The standard InChI is InChI=1S/C17H26N4O3S/c1-25(23,24)19-15-6-11-21(12-7-15)17(22)16(20-9-2-3-10-20)14-5-4-8-18-13-14/h4-5,8,13,15-16,19H,2-3,6-7,9-12H2,1H3. The largest absolute Gasteiger partial charge is 0.341 e. The van der Waals surface area contributed by atoms with Gasteiger partial charge in [-0.1, -0.05) is 6.07 Å². The van der Waals surface area contributed by atoms with Crippen molar-refractivity contribution in [1.82, 2.24) is 19.5 Å². The fourth-order valence-corrected chi connectivity index (χ4v) is 4.58. The van der Waals surface area contributed by atoms with Gasteiger partial charge < -0.3 is 4.90 Å². The molecule has 2 aliphatic rings. The number of hydrogen-bond donors (Lipinski definition) is 1. The highest BCUT2D eigenvalue weighted by Gasteiger charge is 2.34. The lowest BCUT2D eigenvalue weighted by molar-refractivity contribution is -0.138. The summed E-state index contributed by atoms with van der Waals surface area (Å²) in [5, 5.41) is 0. The molecule has 3 rings (SSSR count).